The van der Waals surface area contributed by atoms with E-state index in [4.69, 9.17) is 4.74 Å². The van der Waals surface area contributed by atoms with Gasteiger partial charge in [-0.1, -0.05) is 0 Å². The summed E-state index contributed by atoms with van der Waals surface area (Å²) in [6.07, 6.45) is -4.57. The van der Waals surface area contributed by atoms with Crippen LogP contribution in [0.3, 0.4) is 0 Å². The molecule has 0 bridgehead atoms. The highest BCUT2D eigenvalue weighted by Gasteiger charge is 2.34. The van der Waals surface area contributed by atoms with Crippen LogP contribution in [0.1, 0.15) is 12.5 Å². The van der Waals surface area contributed by atoms with E-state index in [1.165, 1.54) is 19.2 Å². The van der Waals surface area contributed by atoms with Crippen molar-refractivity contribution >= 4 is 11.6 Å². The summed E-state index contributed by atoms with van der Waals surface area (Å²) in [6, 6.07) is 3.43. The summed E-state index contributed by atoms with van der Waals surface area (Å²) in [5, 5.41) is 5.29. The van der Waals surface area contributed by atoms with Gasteiger partial charge in [0, 0.05) is 18.7 Å². The molecule has 1 saturated heterocycles. The second-order valence-electron chi connectivity index (χ2n) is 4.70. The predicted molar refractivity (Wildman–Crippen MR) is 72.2 cm³/mol. The molecule has 21 heavy (non-hydrogen) atoms. The zero-order chi connectivity index (χ0) is 15.6. The van der Waals surface area contributed by atoms with E-state index in [0.717, 1.165) is 11.6 Å². The van der Waals surface area contributed by atoms with E-state index in [1.807, 2.05) is 0 Å². The number of methoxy groups -OCH3 is 1. The molecule has 0 atom stereocenters. The number of carbonyl (C=O) groups excluding carboxylic acids is 1. The molecule has 0 spiro atoms. The normalized spacial score (nSPS) is 14.4. The Morgan fingerprint density at radius 2 is 2.00 bits per heavy atom. The number of amides is 1. The van der Waals surface area contributed by atoms with E-state index in [2.05, 4.69) is 10.6 Å². The highest BCUT2D eigenvalue weighted by Crippen LogP contribution is 2.37. The molecule has 1 aromatic carbocycles. The zero-order valence-corrected chi connectivity index (χ0v) is 11.6. The molecule has 1 amide bonds. The number of nitrogens with one attached hydrogen (secondary N) is 2. The van der Waals surface area contributed by atoms with Crippen LogP contribution in [0.5, 0.6) is 5.75 Å². The lowest BCUT2D eigenvalue weighted by atomic mass is 10.0. The fourth-order valence-electron chi connectivity index (χ4n) is 1.89. The third-order valence-electron chi connectivity index (χ3n) is 3.33. The number of alkyl halides is 3. The summed E-state index contributed by atoms with van der Waals surface area (Å²) >= 11 is 0. The summed E-state index contributed by atoms with van der Waals surface area (Å²) in [4.78, 5) is 12.0. The van der Waals surface area contributed by atoms with Crippen LogP contribution < -0.4 is 15.4 Å². The number of hydrogen-bond acceptors (Lipinski definition) is 3. The molecule has 1 aromatic rings. The minimum Gasteiger partial charge on any atom is -0.497 e. The Balaban J connectivity index is 2.29. The topological polar surface area (TPSA) is 50.4 Å². The van der Waals surface area contributed by atoms with Crippen LogP contribution in [-0.2, 0) is 11.0 Å². The van der Waals surface area contributed by atoms with E-state index >= 15 is 0 Å². The van der Waals surface area contributed by atoms with Gasteiger partial charge in [0.2, 0.25) is 0 Å². The number of anilines is 1. The predicted octanol–water partition coefficient (Wildman–Crippen LogP) is 2.57. The Kier molecular flexibility index (Phi) is 4.22. The second kappa shape index (κ2) is 5.77. The van der Waals surface area contributed by atoms with Crippen molar-refractivity contribution in [2.75, 3.05) is 25.5 Å². The average molecular weight is 300 g/mol. The second-order valence-corrected chi connectivity index (χ2v) is 4.70. The lowest BCUT2D eigenvalue weighted by Crippen LogP contribution is -2.36. The molecule has 2 rings (SSSR count). The van der Waals surface area contributed by atoms with Gasteiger partial charge < -0.3 is 15.4 Å². The number of rotatable bonds is 3. The SMILES string of the molecule is COc1ccc(NC(=O)C(C)=C2CNC2)c(C(F)(F)F)c1. The van der Waals surface area contributed by atoms with Crippen LogP contribution in [0.4, 0.5) is 18.9 Å². The third-order valence-corrected chi connectivity index (χ3v) is 3.33. The Bertz CT molecular complexity index is 588. The van der Waals surface area contributed by atoms with Gasteiger partial charge in [-0.15, -0.1) is 0 Å². The van der Waals surface area contributed by atoms with Gasteiger partial charge in [0.15, 0.2) is 0 Å². The summed E-state index contributed by atoms with van der Waals surface area (Å²) in [5.41, 5.74) is 0.132. The van der Waals surface area contributed by atoms with E-state index in [9.17, 15) is 18.0 Å². The molecule has 7 heteroatoms. The van der Waals surface area contributed by atoms with Gasteiger partial charge >= 0.3 is 6.18 Å². The van der Waals surface area contributed by atoms with E-state index in [0.29, 0.717) is 18.7 Å². The van der Waals surface area contributed by atoms with E-state index in [-0.39, 0.29) is 11.4 Å². The highest BCUT2D eigenvalue weighted by atomic mass is 19.4. The standard InChI is InChI=1S/C14H15F3N2O2/c1-8(9-6-18-7-9)13(20)19-12-4-3-10(21-2)5-11(12)14(15,16)17/h3-5,18H,6-7H2,1-2H3,(H,19,20). The summed E-state index contributed by atoms with van der Waals surface area (Å²) in [7, 11) is 1.28. The van der Waals surface area contributed by atoms with E-state index < -0.39 is 17.6 Å². The Morgan fingerprint density at radius 3 is 2.48 bits per heavy atom. The van der Waals surface area contributed by atoms with Crippen LogP contribution >= 0.6 is 0 Å². The maximum Gasteiger partial charge on any atom is 0.418 e. The molecule has 0 aliphatic carbocycles. The van der Waals surface area contributed by atoms with Crippen LogP contribution in [0.2, 0.25) is 0 Å². The molecular weight excluding hydrogens is 285 g/mol. The van der Waals surface area contributed by atoms with Gasteiger partial charge in [-0.2, -0.15) is 13.2 Å². The molecule has 1 aliphatic heterocycles. The zero-order valence-electron chi connectivity index (χ0n) is 11.6. The molecule has 2 N–H and O–H groups in total. The molecule has 1 heterocycles. The maximum absolute atomic E-state index is 13.0. The maximum atomic E-state index is 13.0. The van der Waals surface area contributed by atoms with Crippen molar-refractivity contribution in [3.8, 4) is 5.75 Å². The van der Waals surface area contributed by atoms with Crippen molar-refractivity contribution in [2.45, 2.75) is 13.1 Å². The third kappa shape index (κ3) is 3.36. The lowest BCUT2D eigenvalue weighted by Gasteiger charge is -2.22. The molecular formula is C14H15F3N2O2. The first kappa shape index (κ1) is 15.4. The summed E-state index contributed by atoms with van der Waals surface area (Å²) in [5.74, 6) is -0.444. The Labute approximate surface area is 120 Å². The molecule has 0 radical (unpaired) electrons. The molecule has 0 aromatic heterocycles. The molecule has 0 unspecified atom stereocenters. The van der Waals surface area contributed by atoms with Crippen LogP contribution in [0.25, 0.3) is 0 Å². The van der Waals surface area contributed by atoms with Crippen molar-refractivity contribution in [1.29, 1.82) is 0 Å². The minimum atomic E-state index is -4.57. The molecule has 1 aliphatic rings. The molecule has 4 nitrogen and oxygen atoms in total. The highest BCUT2D eigenvalue weighted by molar-refractivity contribution is 6.04. The van der Waals surface area contributed by atoms with E-state index in [1.54, 1.807) is 6.92 Å². The number of carbonyl (C=O) groups is 1. The molecule has 0 saturated carbocycles. The van der Waals surface area contributed by atoms with Gasteiger partial charge in [0.1, 0.15) is 5.75 Å². The smallest absolute Gasteiger partial charge is 0.418 e. The van der Waals surface area contributed by atoms with Crippen molar-refractivity contribution in [2.24, 2.45) is 0 Å². The quantitative estimate of drug-likeness (QED) is 0.844. The lowest BCUT2D eigenvalue weighted by molar-refractivity contribution is -0.137. The Morgan fingerprint density at radius 1 is 1.33 bits per heavy atom. The minimum absolute atomic E-state index is 0.0820. The Hall–Kier alpha value is -2.02. The van der Waals surface area contributed by atoms with Crippen molar-refractivity contribution in [1.82, 2.24) is 5.32 Å². The summed E-state index contributed by atoms with van der Waals surface area (Å²) < 4.78 is 43.9. The van der Waals surface area contributed by atoms with Crippen molar-refractivity contribution in [3.05, 3.63) is 34.9 Å². The van der Waals surface area contributed by atoms with Gasteiger partial charge in [-0.05, 0) is 30.7 Å². The number of benzene rings is 1. The first-order chi connectivity index (χ1) is 9.82. The van der Waals surface area contributed by atoms with Crippen LogP contribution in [0, 0.1) is 0 Å². The van der Waals surface area contributed by atoms with Gasteiger partial charge in [0.25, 0.3) is 5.91 Å². The number of ether oxygens (including phenoxy) is 1. The fraction of sp³-hybridized carbons (Fsp3) is 0.357. The fourth-order valence-corrected chi connectivity index (χ4v) is 1.89. The van der Waals surface area contributed by atoms with Gasteiger partial charge in [-0.3, -0.25) is 4.79 Å². The van der Waals surface area contributed by atoms with Crippen LogP contribution in [0.15, 0.2) is 29.3 Å². The first-order valence-electron chi connectivity index (χ1n) is 6.29. The van der Waals surface area contributed by atoms with Crippen molar-refractivity contribution in [3.63, 3.8) is 0 Å². The first-order valence-corrected chi connectivity index (χ1v) is 6.29. The summed E-state index contributed by atoms with van der Waals surface area (Å²) in [6.45, 7) is 2.78. The van der Waals surface area contributed by atoms with Gasteiger partial charge in [0.05, 0.1) is 18.4 Å². The number of hydrogen-bond donors (Lipinski definition) is 2. The molecule has 114 valence electrons. The van der Waals surface area contributed by atoms with Gasteiger partial charge in [-0.25, -0.2) is 0 Å². The molecule has 1 fully saturated rings. The number of halogens is 3. The van der Waals surface area contributed by atoms with Crippen molar-refractivity contribution < 1.29 is 22.7 Å². The monoisotopic (exact) mass is 300 g/mol. The largest absolute Gasteiger partial charge is 0.497 e. The van der Waals surface area contributed by atoms with Crippen LogP contribution in [-0.4, -0.2) is 26.1 Å². The average Bonchev–Trinajstić information content (AvgIpc) is 2.35.